The average molecular weight is 245 g/mol. The monoisotopic (exact) mass is 245 g/mol. The Balaban J connectivity index is 2.74. The molecular weight excluding hydrogens is 226 g/mol. The molecule has 0 aliphatic carbocycles. The lowest BCUT2D eigenvalue weighted by molar-refractivity contribution is 0.0957. The summed E-state index contributed by atoms with van der Waals surface area (Å²) in [7, 11) is 0. The second-order valence-electron chi connectivity index (χ2n) is 5.39. The number of benzene rings is 1. The van der Waals surface area contributed by atoms with Gasteiger partial charge >= 0.3 is 0 Å². The largest absolute Gasteiger partial charge is 0.348 e. The van der Waals surface area contributed by atoms with E-state index in [1.807, 2.05) is 12.1 Å². The van der Waals surface area contributed by atoms with E-state index in [-0.39, 0.29) is 17.9 Å². The average Bonchev–Trinajstić information content (AvgIpc) is 2.34. The van der Waals surface area contributed by atoms with Gasteiger partial charge < -0.3 is 5.32 Å². The van der Waals surface area contributed by atoms with Gasteiger partial charge in [-0.1, -0.05) is 32.9 Å². The summed E-state index contributed by atoms with van der Waals surface area (Å²) in [5.74, 6) is 1.58. The number of carbonyl (C=O) groups is 1. The Bertz CT molecular complexity index is 474. The molecule has 96 valence electrons. The molecule has 1 aromatic carbocycles. The highest BCUT2D eigenvalue weighted by Gasteiger charge is 2.14. The lowest BCUT2D eigenvalue weighted by Crippen LogP contribution is -2.25. The third-order valence-corrected chi connectivity index (χ3v) is 2.70. The zero-order chi connectivity index (χ0) is 13.8. The van der Waals surface area contributed by atoms with Gasteiger partial charge in [-0.15, -0.1) is 0 Å². The number of rotatable bonds is 3. The standard InChI is InChI=1S/C15H19NO2/c1-11(10-17)9-16-14(18)12-5-7-13(8-6-12)15(2,3)4/h5-8H,9H2,1-4H3,(H,16,18). The van der Waals surface area contributed by atoms with Crippen molar-refractivity contribution >= 4 is 11.8 Å². The highest BCUT2D eigenvalue weighted by molar-refractivity contribution is 5.94. The molecule has 0 saturated heterocycles. The van der Waals surface area contributed by atoms with Crippen LogP contribution in [0.2, 0.25) is 0 Å². The van der Waals surface area contributed by atoms with E-state index in [9.17, 15) is 9.59 Å². The molecule has 3 nitrogen and oxygen atoms in total. The number of hydrogen-bond acceptors (Lipinski definition) is 2. The molecule has 1 rings (SSSR count). The first kappa shape index (κ1) is 14.2. The normalized spacial score (nSPS) is 10.7. The molecule has 1 N–H and O–H groups in total. The fraction of sp³-hybridized carbons (Fsp3) is 0.400. The maximum absolute atomic E-state index is 11.8. The van der Waals surface area contributed by atoms with Crippen LogP contribution in [0.1, 0.15) is 43.6 Å². The summed E-state index contributed by atoms with van der Waals surface area (Å²) in [6, 6.07) is 7.51. The molecular formula is C15H19NO2. The van der Waals surface area contributed by atoms with Gasteiger partial charge in [-0.2, -0.15) is 0 Å². The van der Waals surface area contributed by atoms with Gasteiger partial charge in [-0.3, -0.25) is 4.79 Å². The van der Waals surface area contributed by atoms with Gasteiger partial charge in [0.2, 0.25) is 0 Å². The van der Waals surface area contributed by atoms with Gasteiger partial charge in [0.15, 0.2) is 0 Å². The first-order chi connectivity index (χ1) is 8.34. The molecule has 0 fully saturated rings. The number of carbonyl (C=O) groups excluding carboxylic acids is 2. The minimum Gasteiger partial charge on any atom is -0.348 e. The number of amides is 1. The Labute approximate surface area is 108 Å². The van der Waals surface area contributed by atoms with Crippen molar-refractivity contribution in [3.63, 3.8) is 0 Å². The number of nitrogens with one attached hydrogen (secondary N) is 1. The van der Waals surface area contributed by atoms with Crippen LogP contribution in [0.3, 0.4) is 0 Å². The van der Waals surface area contributed by atoms with Crippen LogP contribution in [0.4, 0.5) is 0 Å². The predicted molar refractivity (Wildman–Crippen MR) is 72.4 cm³/mol. The molecule has 0 radical (unpaired) electrons. The molecule has 0 saturated carbocycles. The first-order valence-corrected chi connectivity index (χ1v) is 5.94. The topological polar surface area (TPSA) is 46.2 Å². The summed E-state index contributed by atoms with van der Waals surface area (Å²) in [5.41, 5.74) is 2.34. The fourth-order valence-corrected chi connectivity index (χ4v) is 1.47. The SMILES string of the molecule is CC(=C=O)CNC(=O)c1ccc(C(C)(C)C)cc1. The van der Waals surface area contributed by atoms with Crippen molar-refractivity contribution in [1.82, 2.24) is 5.32 Å². The molecule has 0 unspecified atom stereocenters. The van der Waals surface area contributed by atoms with E-state index in [0.717, 1.165) is 0 Å². The van der Waals surface area contributed by atoms with Crippen molar-refractivity contribution in [2.75, 3.05) is 6.54 Å². The Kier molecular flexibility index (Phi) is 4.46. The molecule has 0 heterocycles. The fourth-order valence-electron chi connectivity index (χ4n) is 1.47. The molecule has 18 heavy (non-hydrogen) atoms. The minimum atomic E-state index is -0.176. The van der Waals surface area contributed by atoms with Crippen molar-refractivity contribution in [2.45, 2.75) is 33.1 Å². The summed E-state index contributed by atoms with van der Waals surface area (Å²) in [6.07, 6.45) is 0. The van der Waals surface area contributed by atoms with E-state index in [1.165, 1.54) is 5.56 Å². The van der Waals surface area contributed by atoms with Gasteiger partial charge in [0.25, 0.3) is 5.91 Å². The highest BCUT2D eigenvalue weighted by Crippen LogP contribution is 2.22. The molecule has 1 aromatic rings. The smallest absolute Gasteiger partial charge is 0.251 e. The third kappa shape index (κ3) is 3.86. The molecule has 0 spiro atoms. The molecule has 1 amide bonds. The van der Waals surface area contributed by atoms with Crippen molar-refractivity contribution in [3.8, 4) is 0 Å². The second kappa shape index (κ2) is 5.65. The Morgan fingerprint density at radius 1 is 1.22 bits per heavy atom. The lowest BCUT2D eigenvalue weighted by Gasteiger charge is -2.19. The molecule has 3 heteroatoms. The Morgan fingerprint density at radius 2 is 1.78 bits per heavy atom. The van der Waals surface area contributed by atoms with E-state index in [0.29, 0.717) is 11.1 Å². The van der Waals surface area contributed by atoms with E-state index in [1.54, 1.807) is 25.0 Å². The maximum atomic E-state index is 11.8. The Morgan fingerprint density at radius 3 is 2.22 bits per heavy atom. The van der Waals surface area contributed by atoms with Crippen LogP contribution in [0.25, 0.3) is 0 Å². The first-order valence-electron chi connectivity index (χ1n) is 5.94. The zero-order valence-electron chi connectivity index (χ0n) is 11.3. The van der Waals surface area contributed by atoms with E-state index < -0.39 is 0 Å². The molecule has 0 atom stereocenters. The van der Waals surface area contributed by atoms with Gasteiger partial charge in [-0.25, -0.2) is 4.79 Å². The highest BCUT2D eigenvalue weighted by atomic mass is 16.1. The quantitative estimate of drug-likeness (QED) is 0.832. The molecule has 0 aliphatic heterocycles. The van der Waals surface area contributed by atoms with Gasteiger partial charge in [0.1, 0.15) is 5.94 Å². The maximum Gasteiger partial charge on any atom is 0.251 e. The third-order valence-electron chi connectivity index (χ3n) is 2.70. The summed E-state index contributed by atoms with van der Waals surface area (Å²) >= 11 is 0. The molecule has 0 aliphatic rings. The van der Waals surface area contributed by atoms with Crippen LogP contribution in [0.15, 0.2) is 29.8 Å². The van der Waals surface area contributed by atoms with Crippen LogP contribution in [0.5, 0.6) is 0 Å². The minimum absolute atomic E-state index is 0.0752. The second-order valence-corrected chi connectivity index (χ2v) is 5.39. The Hall–Kier alpha value is -1.86. The zero-order valence-corrected chi connectivity index (χ0v) is 11.3. The molecule has 0 aromatic heterocycles. The summed E-state index contributed by atoms with van der Waals surface area (Å²) in [4.78, 5) is 22.1. The van der Waals surface area contributed by atoms with Crippen LogP contribution >= 0.6 is 0 Å². The van der Waals surface area contributed by atoms with Gasteiger partial charge in [-0.05, 0) is 30.0 Å². The molecule has 0 bridgehead atoms. The van der Waals surface area contributed by atoms with Crippen molar-refractivity contribution in [2.24, 2.45) is 0 Å². The summed E-state index contributed by atoms with van der Waals surface area (Å²) in [5, 5.41) is 2.67. The van der Waals surface area contributed by atoms with E-state index in [4.69, 9.17) is 0 Å². The van der Waals surface area contributed by atoms with E-state index in [2.05, 4.69) is 26.1 Å². The van der Waals surface area contributed by atoms with Crippen LogP contribution in [-0.2, 0) is 10.2 Å². The van der Waals surface area contributed by atoms with Crippen molar-refractivity contribution < 1.29 is 9.59 Å². The lowest BCUT2D eigenvalue weighted by atomic mass is 9.87. The van der Waals surface area contributed by atoms with Crippen molar-refractivity contribution in [1.29, 1.82) is 0 Å². The van der Waals surface area contributed by atoms with Gasteiger partial charge in [0, 0.05) is 17.7 Å². The van der Waals surface area contributed by atoms with E-state index >= 15 is 0 Å². The van der Waals surface area contributed by atoms with Crippen LogP contribution < -0.4 is 5.32 Å². The summed E-state index contributed by atoms with van der Waals surface area (Å²) in [6.45, 7) is 8.25. The van der Waals surface area contributed by atoms with Crippen LogP contribution in [-0.4, -0.2) is 18.4 Å². The number of hydrogen-bond donors (Lipinski definition) is 1. The predicted octanol–water partition coefficient (Wildman–Crippen LogP) is 2.49. The van der Waals surface area contributed by atoms with Crippen molar-refractivity contribution in [3.05, 3.63) is 41.0 Å². The van der Waals surface area contributed by atoms with Crippen LogP contribution in [0, 0.1) is 0 Å². The van der Waals surface area contributed by atoms with Gasteiger partial charge in [0.05, 0.1) is 0 Å². The summed E-state index contributed by atoms with van der Waals surface area (Å²) < 4.78 is 0.